The first-order valence-corrected chi connectivity index (χ1v) is 4.21. The van der Waals surface area contributed by atoms with Crippen LogP contribution in [0.2, 0.25) is 5.02 Å². The SMILES string of the molecule is COCC(=O)Cc1ccc(Cl)cn1. The summed E-state index contributed by atoms with van der Waals surface area (Å²) in [5.41, 5.74) is 0.714. The number of methoxy groups -OCH3 is 1. The summed E-state index contributed by atoms with van der Waals surface area (Å²) in [5, 5.41) is 0.572. The van der Waals surface area contributed by atoms with E-state index in [1.165, 1.54) is 13.3 Å². The molecule has 0 fully saturated rings. The molecule has 0 bridgehead atoms. The van der Waals surface area contributed by atoms with Crippen molar-refractivity contribution in [3.8, 4) is 0 Å². The molecule has 3 nitrogen and oxygen atoms in total. The number of aromatic nitrogens is 1. The van der Waals surface area contributed by atoms with Crippen molar-refractivity contribution < 1.29 is 9.53 Å². The number of Topliss-reactive ketones (excluding diaryl/α,β-unsaturated/α-hetero) is 1. The molecule has 0 atom stereocenters. The first kappa shape index (κ1) is 10.2. The third kappa shape index (κ3) is 3.53. The number of hydrogen-bond donors (Lipinski definition) is 0. The minimum absolute atomic E-state index is 0.0114. The lowest BCUT2D eigenvalue weighted by Gasteiger charge is -1.98. The second-order valence-electron chi connectivity index (χ2n) is 2.62. The second kappa shape index (κ2) is 4.94. The maximum atomic E-state index is 11.1. The van der Waals surface area contributed by atoms with Gasteiger partial charge in [-0.25, -0.2) is 0 Å². The minimum atomic E-state index is 0.0114. The van der Waals surface area contributed by atoms with Gasteiger partial charge in [-0.05, 0) is 12.1 Å². The molecule has 0 aliphatic rings. The lowest BCUT2D eigenvalue weighted by atomic mass is 10.2. The number of ketones is 1. The van der Waals surface area contributed by atoms with Gasteiger partial charge < -0.3 is 4.74 Å². The summed E-state index contributed by atoms with van der Waals surface area (Å²) in [4.78, 5) is 15.1. The van der Waals surface area contributed by atoms with Crippen molar-refractivity contribution in [3.05, 3.63) is 29.0 Å². The molecule has 0 unspecified atom stereocenters. The van der Waals surface area contributed by atoms with Crippen LogP contribution in [0.15, 0.2) is 18.3 Å². The van der Waals surface area contributed by atoms with Crippen molar-refractivity contribution in [1.82, 2.24) is 4.98 Å². The van der Waals surface area contributed by atoms with E-state index in [4.69, 9.17) is 16.3 Å². The number of carbonyl (C=O) groups excluding carboxylic acids is 1. The summed E-state index contributed by atoms with van der Waals surface area (Å²) in [6, 6.07) is 3.44. The van der Waals surface area contributed by atoms with Crippen LogP contribution in [0.25, 0.3) is 0 Å². The standard InChI is InChI=1S/C9H10ClNO2/c1-13-6-9(12)4-8-3-2-7(10)5-11-8/h2-3,5H,4,6H2,1H3. The van der Waals surface area contributed by atoms with Gasteiger partial charge in [-0.1, -0.05) is 11.6 Å². The Labute approximate surface area is 81.7 Å². The van der Waals surface area contributed by atoms with E-state index in [1.54, 1.807) is 12.1 Å². The topological polar surface area (TPSA) is 39.2 Å². The minimum Gasteiger partial charge on any atom is -0.377 e. The molecule has 4 heteroatoms. The zero-order chi connectivity index (χ0) is 9.68. The second-order valence-corrected chi connectivity index (χ2v) is 3.05. The molecule has 0 radical (unpaired) electrons. The van der Waals surface area contributed by atoms with Crippen LogP contribution in [0.5, 0.6) is 0 Å². The molecule has 1 aromatic heterocycles. The van der Waals surface area contributed by atoms with E-state index in [9.17, 15) is 4.79 Å². The van der Waals surface area contributed by atoms with E-state index in [2.05, 4.69) is 4.98 Å². The van der Waals surface area contributed by atoms with E-state index in [0.29, 0.717) is 17.1 Å². The molecule has 0 aliphatic carbocycles. The van der Waals surface area contributed by atoms with Gasteiger partial charge in [0.2, 0.25) is 0 Å². The molecule has 0 aromatic carbocycles. The number of rotatable bonds is 4. The quantitative estimate of drug-likeness (QED) is 0.738. The van der Waals surface area contributed by atoms with Gasteiger partial charge in [0, 0.05) is 19.0 Å². The highest BCUT2D eigenvalue weighted by molar-refractivity contribution is 6.30. The fourth-order valence-corrected chi connectivity index (χ4v) is 1.04. The molecule has 0 aliphatic heterocycles. The largest absolute Gasteiger partial charge is 0.377 e. The smallest absolute Gasteiger partial charge is 0.164 e. The molecule has 1 aromatic rings. The van der Waals surface area contributed by atoms with Gasteiger partial charge in [0.25, 0.3) is 0 Å². The first-order chi connectivity index (χ1) is 6.22. The van der Waals surface area contributed by atoms with E-state index < -0.39 is 0 Å². The Kier molecular flexibility index (Phi) is 3.86. The molecule has 0 saturated carbocycles. The van der Waals surface area contributed by atoms with Crippen LogP contribution in [0.1, 0.15) is 5.69 Å². The van der Waals surface area contributed by atoms with Crippen LogP contribution < -0.4 is 0 Å². The molecule has 0 N–H and O–H groups in total. The van der Waals surface area contributed by atoms with Gasteiger partial charge in [-0.3, -0.25) is 9.78 Å². The highest BCUT2D eigenvalue weighted by atomic mass is 35.5. The lowest BCUT2D eigenvalue weighted by Crippen LogP contribution is -2.10. The molecule has 0 saturated heterocycles. The number of nitrogens with zero attached hydrogens (tertiary/aromatic N) is 1. The summed E-state index contributed by atoms with van der Waals surface area (Å²) in [7, 11) is 1.49. The van der Waals surface area contributed by atoms with Crippen LogP contribution in [-0.4, -0.2) is 24.5 Å². The lowest BCUT2D eigenvalue weighted by molar-refractivity contribution is -0.122. The zero-order valence-electron chi connectivity index (χ0n) is 7.29. The Bertz CT molecular complexity index is 284. The zero-order valence-corrected chi connectivity index (χ0v) is 8.04. The van der Waals surface area contributed by atoms with Crippen molar-refractivity contribution in [2.45, 2.75) is 6.42 Å². The Balaban J connectivity index is 2.54. The number of hydrogen-bond acceptors (Lipinski definition) is 3. The van der Waals surface area contributed by atoms with Crippen molar-refractivity contribution >= 4 is 17.4 Å². The third-order valence-corrected chi connectivity index (χ3v) is 1.70. The summed E-state index contributed by atoms with van der Waals surface area (Å²) < 4.78 is 4.70. The van der Waals surface area contributed by atoms with Crippen LogP contribution in [0.3, 0.4) is 0 Å². The van der Waals surface area contributed by atoms with Crippen molar-refractivity contribution in [1.29, 1.82) is 0 Å². The molecular formula is C9H10ClNO2. The van der Waals surface area contributed by atoms with Crippen molar-refractivity contribution in [2.24, 2.45) is 0 Å². The van der Waals surface area contributed by atoms with Gasteiger partial charge in [0.1, 0.15) is 6.61 Å². The maximum absolute atomic E-state index is 11.1. The molecule has 0 spiro atoms. The first-order valence-electron chi connectivity index (χ1n) is 3.83. The average molecular weight is 200 g/mol. The molecule has 0 amide bonds. The van der Waals surface area contributed by atoms with Crippen LogP contribution in [-0.2, 0) is 16.0 Å². The highest BCUT2D eigenvalue weighted by Crippen LogP contribution is 2.06. The van der Waals surface area contributed by atoms with Gasteiger partial charge in [0.05, 0.1) is 11.4 Å². The highest BCUT2D eigenvalue weighted by Gasteiger charge is 2.03. The van der Waals surface area contributed by atoms with E-state index in [-0.39, 0.29) is 12.4 Å². The van der Waals surface area contributed by atoms with E-state index >= 15 is 0 Å². The normalized spacial score (nSPS) is 10.0. The van der Waals surface area contributed by atoms with E-state index in [1.807, 2.05) is 0 Å². The van der Waals surface area contributed by atoms with Crippen molar-refractivity contribution in [3.63, 3.8) is 0 Å². The Morgan fingerprint density at radius 2 is 2.38 bits per heavy atom. The predicted molar refractivity (Wildman–Crippen MR) is 49.8 cm³/mol. The Morgan fingerprint density at radius 3 is 2.92 bits per heavy atom. The van der Waals surface area contributed by atoms with Crippen molar-refractivity contribution in [2.75, 3.05) is 13.7 Å². The van der Waals surface area contributed by atoms with E-state index in [0.717, 1.165) is 0 Å². The molecular weight excluding hydrogens is 190 g/mol. The predicted octanol–water partition coefficient (Wildman–Crippen LogP) is 1.49. The fraction of sp³-hybridized carbons (Fsp3) is 0.333. The molecule has 1 heterocycles. The van der Waals surface area contributed by atoms with Crippen LogP contribution in [0.4, 0.5) is 0 Å². The third-order valence-electron chi connectivity index (χ3n) is 1.47. The molecule has 70 valence electrons. The number of carbonyl (C=O) groups is 1. The van der Waals surface area contributed by atoms with Gasteiger partial charge in [0.15, 0.2) is 5.78 Å². The monoisotopic (exact) mass is 199 g/mol. The summed E-state index contributed by atoms with van der Waals surface area (Å²) in [6.07, 6.45) is 1.82. The summed E-state index contributed by atoms with van der Waals surface area (Å²) in [6.45, 7) is 0.129. The number of ether oxygens (including phenoxy) is 1. The van der Waals surface area contributed by atoms with Crippen LogP contribution in [0, 0.1) is 0 Å². The molecule has 1 rings (SSSR count). The molecule has 13 heavy (non-hydrogen) atoms. The maximum Gasteiger partial charge on any atom is 0.164 e. The van der Waals surface area contributed by atoms with Crippen LogP contribution >= 0.6 is 11.6 Å². The Morgan fingerprint density at radius 1 is 1.62 bits per heavy atom. The average Bonchev–Trinajstić information content (AvgIpc) is 2.09. The fourth-order valence-electron chi connectivity index (χ4n) is 0.925. The van der Waals surface area contributed by atoms with Gasteiger partial charge in [-0.2, -0.15) is 0 Å². The summed E-state index contributed by atoms with van der Waals surface area (Å²) in [5.74, 6) is 0.0114. The Hall–Kier alpha value is -0.930. The number of halogens is 1. The van der Waals surface area contributed by atoms with Gasteiger partial charge in [-0.15, -0.1) is 0 Å². The number of pyridine rings is 1. The van der Waals surface area contributed by atoms with Gasteiger partial charge >= 0.3 is 0 Å². The summed E-state index contributed by atoms with van der Waals surface area (Å²) >= 11 is 5.64.